The fraction of sp³-hybridized carbons (Fsp3) is 0.278. The first kappa shape index (κ1) is 16.5. The summed E-state index contributed by atoms with van der Waals surface area (Å²) in [5.74, 6) is -0.295. The molecular formula is C18H19N3O2S. The van der Waals surface area contributed by atoms with E-state index in [4.69, 9.17) is 0 Å². The summed E-state index contributed by atoms with van der Waals surface area (Å²) in [7, 11) is 0. The summed E-state index contributed by atoms with van der Waals surface area (Å²) in [6.07, 6.45) is 3.75. The minimum Gasteiger partial charge on any atom is -0.343 e. The Kier molecular flexibility index (Phi) is 5.48. The molecule has 1 aliphatic heterocycles. The number of carbonyl (C=O) groups excluding carboxylic acids is 2. The van der Waals surface area contributed by atoms with Crippen LogP contribution in [0.2, 0.25) is 0 Å². The van der Waals surface area contributed by atoms with Crippen molar-refractivity contribution in [2.75, 3.05) is 19.6 Å². The zero-order chi connectivity index (χ0) is 16.8. The monoisotopic (exact) mass is 341 g/mol. The Balaban J connectivity index is 1.65. The van der Waals surface area contributed by atoms with Crippen LogP contribution in [0.3, 0.4) is 0 Å². The highest BCUT2D eigenvalue weighted by molar-refractivity contribution is 7.99. The molecule has 1 saturated heterocycles. The van der Waals surface area contributed by atoms with E-state index in [0.29, 0.717) is 10.6 Å². The molecule has 1 aromatic carbocycles. The second-order valence-corrected chi connectivity index (χ2v) is 6.60. The molecule has 1 N–H and O–H groups in total. The van der Waals surface area contributed by atoms with E-state index >= 15 is 0 Å². The summed E-state index contributed by atoms with van der Waals surface area (Å²) in [6, 6.07) is 13.2. The lowest BCUT2D eigenvalue weighted by Crippen LogP contribution is -2.38. The number of carbonyl (C=O) groups is 2. The Bertz CT molecular complexity index is 715. The molecule has 124 valence electrons. The minimum absolute atomic E-state index is 0.0259. The van der Waals surface area contributed by atoms with E-state index < -0.39 is 0 Å². The van der Waals surface area contributed by atoms with Crippen LogP contribution in [0, 0.1) is 0 Å². The van der Waals surface area contributed by atoms with Gasteiger partial charge in [-0.15, -0.1) is 0 Å². The zero-order valence-electron chi connectivity index (χ0n) is 13.3. The fourth-order valence-corrected chi connectivity index (χ4v) is 3.48. The summed E-state index contributed by atoms with van der Waals surface area (Å²) < 4.78 is 0. The number of hydrogen-bond acceptors (Lipinski definition) is 4. The number of likely N-dealkylation sites (tertiary alicyclic amines) is 1. The Labute approximate surface area is 145 Å². The maximum atomic E-state index is 12.4. The molecule has 24 heavy (non-hydrogen) atoms. The van der Waals surface area contributed by atoms with Crippen molar-refractivity contribution in [2.24, 2.45) is 0 Å². The number of amides is 2. The number of nitrogens with zero attached hydrogens (tertiary/aromatic N) is 2. The molecule has 2 amide bonds. The summed E-state index contributed by atoms with van der Waals surface area (Å²) in [5.41, 5.74) is 0.487. The van der Waals surface area contributed by atoms with E-state index in [2.05, 4.69) is 10.3 Å². The SMILES string of the molecule is O=C(NCC(=O)N1CCCC1)c1cccnc1Sc1ccccc1. The predicted octanol–water partition coefficient (Wildman–Crippen LogP) is 2.58. The molecule has 1 aromatic heterocycles. The van der Waals surface area contributed by atoms with Crippen molar-refractivity contribution in [3.8, 4) is 0 Å². The van der Waals surface area contributed by atoms with E-state index in [0.717, 1.165) is 30.8 Å². The second-order valence-electron chi connectivity index (χ2n) is 5.54. The summed E-state index contributed by atoms with van der Waals surface area (Å²) in [6.45, 7) is 1.61. The topological polar surface area (TPSA) is 62.3 Å². The predicted molar refractivity (Wildman–Crippen MR) is 92.9 cm³/mol. The molecule has 0 aliphatic carbocycles. The molecule has 1 fully saturated rings. The van der Waals surface area contributed by atoms with Crippen LogP contribution in [-0.4, -0.2) is 41.3 Å². The molecule has 0 saturated carbocycles. The van der Waals surface area contributed by atoms with Crippen LogP contribution in [-0.2, 0) is 4.79 Å². The third kappa shape index (κ3) is 4.14. The van der Waals surface area contributed by atoms with Crippen LogP contribution in [0.5, 0.6) is 0 Å². The van der Waals surface area contributed by atoms with Gasteiger partial charge in [-0.2, -0.15) is 0 Å². The van der Waals surface area contributed by atoms with Crippen LogP contribution in [0.1, 0.15) is 23.2 Å². The van der Waals surface area contributed by atoms with E-state index in [1.807, 2.05) is 30.3 Å². The molecule has 2 aromatic rings. The lowest BCUT2D eigenvalue weighted by atomic mass is 10.2. The normalized spacial score (nSPS) is 13.8. The summed E-state index contributed by atoms with van der Waals surface area (Å²) in [4.78, 5) is 31.6. The van der Waals surface area contributed by atoms with E-state index in [9.17, 15) is 9.59 Å². The maximum Gasteiger partial charge on any atom is 0.254 e. The average Bonchev–Trinajstić information content (AvgIpc) is 3.15. The molecule has 3 rings (SSSR count). The highest BCUT2D eigenvalue weighted by Crippen LogP contribution is 2.28. The molecule has 0 radical (unpaired) electrons. The average molecular weight is 341 g/mol. The van der Waals surface area contributed by atoms with Crippen molar-refractivity contribution < 1.29 is 9.59 Å². The van der Waals surface area contributed by atoms with Crippen molar-refractivity contribution >= 4 is 23.6 Å². The Morgan fingerprint density at radius 1 is 1.08 bits per heavy atom. The number of aromatic nitrogens is 1. The molecule has 0 bridgehead atoms. The Hall–Kier alpha value is -2.34. The first-order valence-corrected chi connectivity index (χ1v) is 8.79. The van der Waals surface area contributed by atoms with Crippen molar-refractivity contribution in [1.29, 1.82) is 0 Å². The van der Waals surface area contributed by atoms with Gasteiger partial charge in [-0.25, -0.2) is 4.98 Å². The molecule has 5 nitrogen and oxygen atoms in total. The van der Waals surface area contributed by atoms with Crippen molar-refractivity contribution in [1.82, 2.24) is 15.2 Å². The number of pyridine rings is 1. The van der Waals surface area contributed by atoms with Gasteiger partial charge < -0.3 is 10.2 Å². The van der Waals surface area contributed by atoms with Gasteiger partial charge in [0.1, 0.15) is 5.03 Å². The van der Waals surface area contributed by atoms with Crippen molar-refractivity contribution in [3.63, 3.8) is 0 Å². The second kappa shape index (κ2) is 7.97. The van der Waals surface area contributed by atoms with Crippen LogP contribution >= 0.6 is 11.8 Å². The van der Waals surface area contributed by atoms with E-state index in [1.165, 1.54) is 11.8 Å². The first-order valence-electron chi connectivity index (χ1n) is 7.98. The van der Waals surface area contributed by atoms with Crippen LogP contribution in [0.15, 0.2) is 58.6 Å². The largest absolute Gasteiger partial charge is 0.343 e. The van der Waals surface area contributed by atoms with Crippen LogP contribution in [0.4, 0.5) is 0 Å². The number of benzene rings is 1. The quantitative estimate of drug-likeness (QED) is 0.908. The molecule has 2 heterocycles. The smallest absolute Gasteiger partial charge is 0.254 e. The standard InChI is InChI=1S/C18H19N3O2S/c22-16(21-11-4-5-12-21)13-20-17(23)15-9-6-10-19-18(15)24-14-7-2-1-3-8-14/h1-3,6-10H,4-5,11-13H2,(H,20,23). The molecule has 6 heteroatoms. The Morgan fingerprint density at radius 2 is 1.83 bits per heavy atom. The molecule has 0 spiro atoms. The van der Waals surface area contributed by atoms with E-state index in [1.54, 1.807) is 23.2 Å². The number of nitrogens with one attached hydrogen (secondary N) is 1. The maximum absolute atomic E-state index is 12.4. The van der Waals surface area contributed by atoms with E-state index in [-0.39, 0.29) is 18.4 Å². The van der Waals surface area contributed by atoms with Gasteiger partial charge in [0.25, 0.3) is 5.91 Å². The van der Waals surface area contributed by atoms with Gasteiger partial charge in [-0.05, 0) is 37.1 Å². The lowest BCUT2D eigenvalue weighted by Gasteiger charge is -2.15. The van der Waals surface area contributed by atoms with Gasteiger partial charge in [0, 0.05) is 24.2 Å². The third-order valence-electron chi connectivity index (χ3n) is 3.83. The van der Waals surface area contributed by atoms with Crippen LogP contribution in [0.25, 0.3) is 0 Å². The van der Waals surface area contributed by atoms with Gasteiger partial charge in [0.05, 0.1) is 12.1 Å². The first-order chi connectivity index (χ1) is 11.7. The fourth-order valence-electron chi connectivity index (χ4n) is 2.57. The highest BCUT2D eigenvalue weighted by Gasteiger charge is 2.19. The van der Waals surface area contributed by atoms with Crippen molar-refractivity contribution in [2.45, 2.75) is 22.8 Å². The third-order valence-corrected chi connectivity index (χ3v) is 4.86. The molecule has 1 aliphatic rings. The van der Waals surface area contributed by atoms with Crippen molar-refractivity contribution in [3.05, 3.63) is 54.2 Å². The molecule has 0 unspecified atom stereocenters. The minimum atomic E-state index is -0.269. The van der Waals surface area contributed by atoms with Gasteiger partial charge in [0.2, 0.25) is 5.91 Å². The van der Waals surface area contributed by atoms with Gasteiger partial charge >= 0.3 is 0 Å². The van der Waals surface area contributed by atoms with Gasteiger partial charge in [-0.3, -0.25) is 9.59 Å². The number of rotatable bonds is 5. The molecular weight excluding hydrogens is 322 g/mol. The van der Waals surface area contributed by atoms with Gasteiger partial charge in [-0.1, -0.05) is 30.0 Å². The zero-order valence-corrected chi connectivity index (χ0v) is 14.1. The Morgan fingerprint density at radius 3 is 2.58 bits per heavy atom. The van der Waals surface area contributed by atoms with Gasteiger partial charge in [0.15, 0.2) is 0 Å². The van der Waals surface area contributed by atoms with Crippen LogP contribution < -0.4 is 5.32 Å². The highest BCUT2D eigenvalue weighted by atomic mass is 32.2. The number of hydrogen-bond donors (Lipinski definition) is 1. The summed E-state index contributed by atoms with van der Waals surface area (Å²) in [5, 5.41) is 3.35. The lowest BCUT2D eigenvalue weighted by molar-refractivity contribution is -0.129. The summed E-state index contributed by atoms with van der Waals surface area (Å²) >= 11 is 1.43. The molecule has 0 atom stereocenters.